The summed E-state index contributed by atoms with van der Waals surface area (Å²) in [5.41, 5.74) is 3.94. The SMILES string of the molecule is CCn1nc(-c2nc(C)c(C)cc2C)c(Cl)c1C(=O)O. The van der Waals surface area contributed by atoms with Gasteiger partial charge in [0, 0.05) is 12.2 Å². The van der Waals surface area contributed by atoms with Crippen LogP contribution in [0.3, 0.4) is 0 Å². The number of carboxylic acids is 1. The lowest BCUT2D eigenvalue weighted by Crippen LogP contribution is -2.08. The molecule has 106 valence electrons. The second-order valence-corrected chi connectivity index (χ2v) is 5.07. The zero-order valence-corrected chi connectivity index (χ0v) is 12.6. The van der Waals surface area contributed by atoms with Crippen molar-refractivity contribution >= 4 is 17.6 Å². The molecule has 0 saturated carbocycles. The number of nitrogens with zero attached hydrogens (tertiary/aromatic N) is 3. The second kappa shape index (κ2) is 5.25. The molecule has 1 N–H and O–H groups in total. The lowest BCUT2D eigenvalue weighted by molar-refractivity contribution is 0.0683. The van der Waals surface area contributed by atoms with Crippen LogP contribution in [0.2, 0.25) is 5.02 Å². The van der Waals surface area contributed by atoms with Gasteiger partial charge in [-0.3, -0.25) is 9.67 Å². The van der Waals surface area contributed by atoms with E-state index < -0.39 is 5.97 Å². The van der Waals surface area contributed by atoms with Crippen LogP contribution < -0.4 is 0 Å². The van der Waals surface area contributed by atoms with Crippen molar-refractivity contribution < 1.29 is 9.90 Å². The Labute approximate surface area is 122 Å². The van der Waals surface area contributed by atoms with Crippen LogP contribution in [0.1, 0.15) is 34.2 Å². The van der Waals surface area contributed by atoms with E-state index in [2.05, 4.69) is 10.1 Å². The number of aryl methyl sites for hydroxylation is 4. The van der Waals surface area contributed by atoms with E-state index in [9.17, 15) is 9.90 Å². The maximum atomic E-state index is 11.3. The van der Waals surface area contributed by atoms with Gasteiger partial charge in [-0.15, -0.1) is 0 Å². The van der Waals surface area contributed by atoms with Crippen molar-refractivity contribution in [2.75, 3.05) is 0 Å². The fraction of sp³-hybridized carbons (Fsp3) is 0.357. The minimum Gasteiger partial charge on any atom is -0.476 e. The van der Waals surface area contributed by atoms with Crippen molar-refractivity contribution in [3.8, 4) is 11.4 Å². The highest BCUT2D eigenvalue weighted by molar-refractivity contribution is 6.35. The Kier molecular flexibility index (Phi) is 3.81. The Morgan fingerprint density at radius 2 is 1.95 bits per heavy atom. The Bertz CT molecular complexity index is 692. The van der Waals surface area contributed by atoms with Gasteiger partial charge in [0.05, 0.1) is 5.69 Å². The first-order valence-corrected chi connectivity index (χ1v) is 6.69. The summed E-state index contributed by atoms with van der Waals surface area (Å²) in [6, 6.07) is 2.00. The van der Waals surface area contributed by atoms with Crippen molar-refractivity contribution in [2.24, 2.45) is 0 Å². The topological polar surface area (TPSA) is 68.0 Å². The van der Waals surface area contributed by atoms with Crippen LogP contribution in [0.15, 0.2) is 6.07 Å². The Morgan fingerprint density at radius 1 is 1.30 bits per heavy atom. The summed E-state index contributed by atoms with van der Waals surface area (Å²) in [4.78, 5) is 15.8. The van der Waals surface area contributed by atoms with Gasteiger partial charge in [0.1, 0.15) is 10.7 Å². The van der Waals surface area contributed by atoms with Crippen molar-refractivity contribution in [3.63, 3.8) is 0 Å². The van der Waals surface area contributed by atoms with Crippen molar-refractivity contribution in [1.82, 2.24) is 14.8 Å². The van der Waals surface area contributed by atoms with Gasteiger partial charge in [0.25, 0.3) is 0 Å². The third-order valence-electron chi connectivity index (χ3n) is 3.28. The monoisotopic (exact) mass is 293 g/mol. The third kappa shape index (κ3) is 2.29. The number of aromatic nitrogens is 3. The zero-order valence-electron chi connectivity index (χ0n) is 11.9. The smallest absolute Gasteiger partial charge is 0.355 e. The van der Waals surface area contributed by atoms with Gasteiger partial charge in [-0.25, -0.2) is 4.79 Å². The highest BCUT2D eigenvalue weighted by Gasteiger charge is 2.24. The van der Waals surface area contributed by atoms with Gasteiger partial charge in [-0.2, -0.15) is 5.10 Å². The highest BCUT2D eigenvalue weighted by Crippen LogP contribution is 2.31. The summed E-state index contributed by atoms with van der Waals surface area (Å²) < 4.78 is 1.39. The van der Waals surface area contributed by atoms with Gasteiger partial charge in [0.2, 0.25) is 0 Å². The molecule has 20 heavy (non-hydrogen) atoms. The van der Waals surface area contributed by atoms with E-state index >= 15 is 0 Å². The zero-order chi connectivity index (χ0) is 15.0. The Balaban J connectivity index is 2.71. The molecule has 2 heterocycles. The fourth-order valence-electron chi connectivity index (χ4n) is 2.11. The van der Waals surface area contributed by atoms with Gasteiger partial charge >= 0.3 is 5.97 Å². The van der Waals surface area contributed by atoms with Crippen LogP contribution in [-0.2, 0) is 6.54 Å². The molecule has 0 bridgehead atoms. The summed E-state index contributed by atoms with van der Waals surface area (Å²) in [5.74, 6) is -1.09. The van der Waals surface area contributed by atoms with Crippen LogP contribution in [0.25, 0.3) is 11.4 Å². The molecule has 6 heteroatoms. The van der Waals surface area contributed by atoms with Gasteiger partial charge in [0.15, 0.2) is 5.69 Å². The molecular weight excluding hydrogens is 278 g/mol. The molecule has 5 nitrogen and oxygen atoms in total. The van der Waals surface area contributed by atoms with Crippen LogP contribution >= 0.6 is 11.6 Å². The number of hydrogen-bond acceptors (Lipinski definition) is 3. The molecule has 0 aliphatic heterocycles. The van der Waals surface area contributed by atoms with Crippen LogP contribution in [0.4, 0.5) is 0 Å². The van der Waals surface area contributed by atoms with Crippen molar-refractivity contribution in [1.29, 1.82) is 0 Å². The minimum absolute atomic E-state index is 0.00333. The second-order valence-electron chi connectivity index (χ2n) is 4.69. The first kappa shape index (κ1) is 14.5. The number of aromatic carboxylic acids is 1. The van der Waals surface area contributed by atoms with E-state index in [0.29, 0.717) is 17.9 Å². The van der Waals surface area contributed by atoms with Gasteiger partial charge in [-0.1, -0.05) is 17.7 Å². The average molecular weight is 294 g/mol. The first-order valence-electron chi connectivity index (χ1n) is 6.31. The number of pyridine rings is 1. The van der Waals surface area contributed by atoms with E-state index in [1.165, 1.54) is 4.68 Å². The number of carbonyl (C=O) groups is 1. The molecule has 0 spiro atoms. The maximum absolute atomic E-state index is 11.3. The van der Waals surface area contributed by atoms with Crippen LogP contribution in [-0.4, -0.2) is 25.8 Å². The maximum Gasteiger partial charge on any atom is 0.355 e. The van der Waals surface area contributed by atoms with E-state index in [1.807, 2.05) is 33.8 Å². The molecule has 2 rings (SSSR count). The fourth-order valence-corrected chi connectivity index (χ4v) is 2.41. The van der Waals surface area contributed by atoms with Gasteiger partial charge < -0.3 is 5.11 Å². The first-order chi connectivity index (χ1) is 9.36. The van der Waals surface area contributed by atoms with Crippen LogP contribution in [0, 0.1) is 20.8 Å². The quantitative estimate of drug-likeness (QED) is 0.943. The van der Waals surface area contributed by atoms with Crippen molar-refractivity contribution in [2.45, 2.75) is 34.2 Å². The highest BCUT2D eigenvalue weighted by atomic mass is 35.5. The summed E-state index contributed by atoms with van der Waals surface area (Å²) >= 11 is 6.20. The minimum atomic E-state index is -1.09. The molecule has 0 unspecified atom stereocenters. The molecule has 0 aliphatic rings. The predicted molar refractivity (Wildman–Crippen MR) is 77.3 cm³/mol. The molecule has 2 aromatic heterocycles. The normalized spacial score (nSPS) is 10.8. The largest absolute Gasteiger partial charge is 0.476 e. The molecular formula is C14H16ClN3O2. The van der Waals surface area contributed by atoms with E-state index in [0.717, 1.165) is 16.8 Å². The number of rotatable bonds is 3. The Morgan fingerprint density at radius 3 is 2.45 bits per heavy atom. The van der Waals surface area contributed by atoms with Crippen LogP contribution in [0.5, 0.6) is 0 Å². The molecule has 0 amide bonds. The summed E-state index contributed by atoms with van der Waals surface area (Å²) in [5, 5.41) is 13.7. The third-order valence-corrected chi connectivity index (χ3v) is 3.64. The molecule has 2 aromatic rings. The van der Waals surface area contributed by atoms with Gasteiger partial charge in [-0.05, 0) is 38.8 Å². The molecule has 0 radical (unpaired) electrons. The summed E-state index contributed by atoms with van der Waals surface area (Å²) in [6.07, 6.45) is 0. The van der Waals surface area contributed by atoms with E-state index in [-0.39, 0.29) is 10.7 Å². The molecule has 0 fully saturated rings. The standard InChI is InChI=1S/C14H16ClN3O2/c1-5-18-13(14(19)20)10(15)12(17-18)11-8(3)6-7(2)9(4)16-11/h6H,5H2,1-4H3,(H,19,20). The number of hydrogen-bond donors (Lipinski definition) is 1. The van der Waals surface area contributed by atoms with E-state index in [4.69, 9.17) is 11.6 Å². The van der Waals surface area contributed by atoms with E-state index in [1.54, 1.807) is 0 Å². The van der Waals surface area contributed by atoms with Crippen molar-refractivity contribution in [3.05, 3.63) is 33.6 Å². The summed E-state index contributed by atoms with van der Waals surface area (Å²) in [6.45, 7) is 8.05. The Hall–Kier alpha value is -1.88. The molecule has 0 aliphatic carbocycles. The summed E-state index contributed by atoms with van der Waals surface area (Å²) in [7, 11) is 0. The molecule has 0 saturated heterocycles. The lowest BCUT2D eigenvalue weighted by Gasteiger charge is -2.06. The average Bonchev–Trinajstić information content (AvgIpc) is 2.71. The number of carboxylic acid groups (broad SMARTS) is 1. The lowest BCUT2D eigenvalue weighted by atomic mass is 10.1. The molecule has 0 atom stereocenters. The molecule has 0 aromatic carbocycles. The number of halogens is 1. The predicted octanol–water partition coefficient (Wildman–Crippen LogP) is 3.24.